The third-order valence-corrected chi connectivity index (χ3v) is 4.53. The molecule has 1 aromatic rings. The van der Waals surface area contributed by atoms with E-state index in [2.05, 4.69) is 59.7 Å². The van der Waals surface area contributed by atoms with Crippen molar-refractivity contribution in [3.8, 4) is 0 Å². The molecule has 1 aromatic carbocycles. The Bertz CT molecular complexity index is 408. The molecule has 0 saturated heterocycles. The van der Waals surface area contributed by atoms with E-state index < -0.39 is 0 Å². The fraction of sp³-hybridized carbons (Fsp3) is 0.667. The Kier molecular flexibility index (Phi) is 5.50. The fourth-order valence-electron chi connectivity index (χ4n) is 2.41. The Hall–Kier alpha value is -0.490. The van der Waals surface area contributed by atoms with Crippen LogP contribution in [-0.4, -0.2) is 0 Å². The molecule has 0 atom stereocenters. The highest BCUT2D eigenvalue weighted by molar-refractivity contribution is 6.31. The zero-order valence-corrected chi connectivity index (χ0v) is 14.2. The predicted octanol–water partition coefficient (Wildman–Crippen LogP) is 6.30. The van der Waals surface area contributed by atoms with Gasteiger partial charge in [-0.2, -0.15) is 0 Å². The first kappa shape index (κ1) is 16.6. The first-order valence-electron chi connectivity index (χ1n) is 7.46. The van der Waals surface area contributed by atoms with Gasteiger partial charge in [0.2, 0.25) is 0 Å². The van der Waals surface area contributed by atoms with Gasteiger partial charge in [0.1, 0.15) is 0 Å². The van der Waals surface area contributed by atoms with E-state index in [1.54, 1.807) is 0 Å². The number of hydrogen-bond donors (Lipinski definition) is 0. The minimum atomic E-state index is 0.284. The lowest BCUT2D eigenvalue weighted by molar-refractivity contribution is 0.296. The maximum absolute atomic E-state index is 6.45. The van der Waals surface area contributed by atoms with Gasteiger partial charge in [0, 0.05) is 5.02 Å². The Morgan fingerprint density at radius 3 is 1.95 bits per heavy atom. The largest absolute Gasteiger partial charge is 0.0840 e. The molecular weight excluding hydrogens is 252 g/mol. The zero-order valence-electron chi connectivity index (χ0n) is 13.4. The van der Waals surface area contributed by atoms with Crippen LogP contribution < -0.4 is 0 Å². The lowest BCUT2D eigenvalue weighted by Crippen LogP contribution is -2.17. The molecule has 19 heavy (non-hydrogen) atoms. The van der Waals surface area contributed by atoms with Crippen molar-refractivity contribution in [2.24, 2.45) is 10.8 Å². The summed E-state index contributed by atoms with van der Waals surface area (Å²) >= 11 is 6.45. The maximum atomic E-state index is 6.45. The van der Waals surface area contributed by atoms with E-state index in [0.29, 0.717) is 5.41 Å². The van der Waals surface area contributed by atoms with Gasteiger partial charge >= 0.3 is 0 Å². The molecule has 1 rings (SSSR count). The van der Waals surface area contributed by atoms with Crippen LogP contribution in [0.25, 0.3) is 0 Å². The predicted molar refractivity (Wildman–Crippen MR) is 87.0 cm³/mol. The molecule has 0 nitrogen and oxygen atoms in total. The van der Waals surface area contributed by atoms with Gasteiger partial charge in [0.25, 0.3) is 0 Å². The Balaban J connectivity index is 2.88. The molecule has 0 aliphatic heterocycles. The lowest BCUT2D eigenvalue weighted by Gasteiger charge is -2.27. The van der Waals surface area contributed by atoms with Crippen LogP contribution in [0.5, 0.6) is 0 Å². The van der Waals surface area contributed by atoms with E-state index in [1.165, 1.54) is 24.0 Å². The van der Waals surface area contributed by atoms with Crippen LogP contribution in [0.15, 0.2) is 18.2 Å². The summed E-state index contributed by atoms with van der Waals surface area (Å²) in [5, 5.41) is 0.932. The highest BCUT2D eigenvalue weighted by Gasteiger charge is 2.21. The minimum absolute atomic E-state index is 0.284. The molecule has 0 bridgehead atoms. The maximum Gasteiger partial charge on any atom is 0.0440 e. The van der Waals surface area contributed by atoms with Crippen LogP contribution >= 0.6 is 11.6 Å². The van der Waals surface area contributed by atoms with E-state index in [-0.39, 0.29) is 5.41 Å². The molecule has 0 N–H and O–H groups in total. The van der Waals surface area contributed by atoms with Gasteiger partial charge in [-0.05, 0) is 40.9 Å². The molecule has 0 aliphatic carbocycles. The standard InChI is InChI=1S/C18H29Cl/c1-7-18(6,8-2)12-14-9-10-15(16(19)11-14)13-17(3,4)5/h9-11H,7-8,12-13H2,1-6H3. The molecule has 0 fully saturated rings. The average molecular weight is 281 g/mol. The van der Waals surface area contributed by atoms with Gasteiger partial charge in [-0.15, -0.1) is 0 Å². The molecule has 0 unspecified atom stereocenters. The van der Waals surface area contributed by atoms with Crippen molar-refractivity contribution in [3.05, 3.63) is 34.3 Å². The smallest absolute Gasteiger partial charge is 0.0440 e. The molecular formula is C18H29Cl. The highest BCUT2D eigenvalue weighted by Crippen LogP contribution is 2.32. The summed E-state index contributed by atoms with van der Waals surface area (Å²) in [6.45, 7) is 13.7. The van der Waals surface area contributed by atoms with Gasteiger partial charge in [0.15, 0.2) is 0 Å². The van der Waals surface area contributed by atoms with Crippen molar-refractivity contribution in [3.63, 3.8) is 0 Å². The summed E-state index contributed by atoms with van der Waals surface area (Å²) in [4.78, 5) is 0. The van der Waals surface area contributed by atoms with Gasteiger partial charge in [-0.3, -0.25) is 0 Å². The van der Waals surface area contributed by atoms with E-state index >= 15 is 0 Å². The topological polar surface area (TPSA) is 0 Å². The van der Waals surface area contributed by atoms with Gasteiger partial charge in [-0.1, -0.05) is 78.1 Å². The van der Waals surface area contributed by atoms with Crippen LogP contribution in [-0.2, 0) is 12.8 Å². The molecule has 1 heteroatoms. The number of halogens is 1. The monoisotopic (exact) mass is 280 g/mol. The molecule has 0 aromatic heterocycles. The van der Waals surface area contributed by atoms with Crippen molar-refractivity contribution >= 4 is 11.6 Å². The molecule has 0 heterocycles. The van der Waals surface area contributed by atoms with Crippen LogP contribution in [0.1, 0.15) is 65.5 Å². The molecule has 0 saturated carbocycles. The second-order valence-corrected chi connectivity index (χ2v) is 7.76. The summed E-state index contributed by atoms with van der Waals surface area (Å²) in [5.74, 6) is 0. The van der Waals surface area contributed by atoms with Crippen LogP contribution in [0, 0.1) is 10.8 Å². The Morgan fingerprint density at radius 2 is 1.53 bits per heavy atom. The lowest BCUT2D eigenvalue weighted by atomic mass is 9.78. The van der Waals surface area contributed by atoms with Crippen LogP contribution in [0.3, 0.4) is 0 Å². The third kappa shape index (κ3) is 5.18. The summed E-state index contributed by atoms with van der Waals surface area (Å²) in [6, 6.07) is 6.65. The second-order valence-electron chi connectivity index (χ2n) is 7.36. The van der Waals surface area contributed by atoms with E-state index in [4.69, 9.17) is 11.6 Å². The van der Waals surface area contributed by atoms with Crippen molar-refractivity contribution < 1.29 is 0 Å². The molecule has 0 spiro atoms. The number of rotatable bonds is 5. The van der Waals surface area contributed by atoms with Gasteiger partial charge in [-0.25, -0.2) is 0 Å². The van der Waals surface area contributed by atoms with Crippen LogP contribution in [0.2, 0.25) is 5.02 Å². The Labute approximate surface area is 124 Å². The van der Waals surface area contributed by atoms with Crippen molar-refractivity contribution in [1.29, 1.82) is 0 Å². The first-order chi connectivity index (χ1) is 8.69. The summed E-state index contributed by atoms with van der Waals surface area (Å²) in [7, 11) is 0. The zero-order chi connectivity index (χ0) is 14.7. The normalized spacial score (nSPS) is 12.8. The van der Waals surface area contributed by atoms with Crippen LogP contribution in [0.4, 0.5) is 0 Å². The fourth-order valence-corrected chi connectivity index (χ4v) is 2.68. The molecule has 0 aliphatic rings. The average Bonchev–Trinajstić information content (AvgIpc) is 2.31. The SMILES string of the molecule is CCC(C)(CC)Cc1ccc(CC(C)(C)C)c(Cl)c1. The van der Waals surface area contributed by atoms with E-state index in [0.717, 1.165) is 17.9 Å². The summed E-state index contributed by atoms with van der Waals surface area (Å²) in [6.07, 6.45) is 4.58. The van der Waals surface area contributed by atoms with Crippen molar-refractivity contribution in [2.45, 2.75) is 67.2 Å². The molecule has 108 valence electrons. The summed E-state index contributed by atoms with van der Waals surface area (Å²) < 4.78 is 0. The number of hydrogen-bond acceptors (Lipinski definition) is 0. The summed E-state index contributed by atoms with van der Waals surface area (Å²) in [5.41, 5.74) is 3.32. The van der Waals surface area contributed by atoms with E-state index in [9.17, 15) is 0 Å². The highest BCUT2D eigenvalue weighted by atomic mass is 35.5. The minimum Gasteiger partial charge on any atom is -0.0840 e. The third-order valence-electron chi connectivity index (χ3n) is 4.18. The van der Waals surface area contributed by atoms with Gasteiger partial charge < -0.3 is 0 Å². The van der Waals surface area contributed by atoms with Gasteiger partial charge in [0.05, 0.1) is 0 Å². The number of benzene rings is 1. The molecule has 0 amide bonds. The second kappa shape index (κ2) is 6.31. The molecule has 0 radical (unpaired) electrons. The first-order valence-corrected chi connectivity index (χ1v) is 7.84. The van der Waals surface area contributed by atoms with E-state index in [1.807, 2.05) is 0 Å². The van der Waals surface area contributed by atoms with Crippen molar-refractivity contribution in [1.82, 2.24) is 0 Å². The quantitative estimate of drug-likeness (QED) is 0.594. The Morgan fingerprint density at radius 1 is 0.947 bits per heavy atom. The van der Waals surface area contributed by atoms with Crippen molar-refractivity contribution in [2.75, 3.05) is 0 Å².